The highest BCUT2D eigenvalue weighted by Crippen LogP contribution is 2.01. The number of hydrogen-bond donors (Lipinski definition) is 1. The lowest BCUT2D eigenvalue weighted by atomic mass is 10.6. The Labute approximate surface area is 78.0 Å². The Morgan fingerprint density at radius 1 is 1.50 bits per heavy atom. The van der Waals surface area contributed by atoms with Gasteiger partial charge in [0.2, 0.25) is 0 Å². The van der Waals surface area contributed by atoms with Crippen molar-refractivity contribution in [2.24, 2.45) is 0 Å². The topological polar surface area (TPSA) is 54.4 Å². The van der Waals surface area contributed by atoms with Crippen LogP contribution in [-0.4, -0.2) is 43.8 Å². The molecule has 1 atom stereocenters. The maximum atomic E-state index is 10.4. The molecule has 0 bridgehead atoms. The smallest absolute Gasteiger partial charge is 0.264 e. The summed E-state index contributed by atoms with van der Waals surface area (Å²) < 4.78 is 29.2. The molecule has 3 nitrogen and oxygen atoms in total. The highest BCUT2D eigenvalue weighted by Gasteiger charge is 2.08. The summed E-state index contributed by atoms with van der Waals surface area (Å²) in [6.45, 7) is 0. The van der Waals surface area contributed by atoms with Gasteiger partial charge in [-0.15, -0.1) is 5.70 Å². The van der Waals surface area contributed by atoms with Gasteiger partial charge in [0.25, 0.3) is 10.1 Å². The van der Waals surface area contributed by atoms with Crippen molar-refractivity contribution in [1.82, 2.24) is 0 Å². The minimum absolute atomic E-state index is 0.0425. The Bertz CT molecular complexity index is 283. The molecule has 0 aromatic rings. The molecule has 1 aliphatic heterocycles. The van der Waals surface area contributed by atoms with Gasteiger partial charge in [-0.3, -0.25) is 4.55 Å². The minimum Gasteiger partial charge on any atom is -0.286 e. The van der Waals surface area contributed by atoms with Crippen LogP contribution in [0.25, 0.3) is 0 Å². The number of hydrogen-bond acceptors (Lipinski definition) is 2. The normalized spacial score (nSPS) is 21.9. The lowest BCUT2D eigenvalue weighted by Gasteiger charge is -2.00. The molecule has 1 heterocycles. The summed E-state index contributed by atoms with van der Waals surface area (Å²) in [6.07, 6.45) is 0.659. The van der Waals surface area contributed by atoms with Crippen molar-refractivity contribution in [3.05, 3.63) is 11.4 Å². The second kappa shape index (κ2) is 4.51. The van der Waals surface area contributed by atoms with Crippen molar-refractivity contribution >= 4 is 35.2 Å². The van der Waals surface area contributed by atoms with Crippen molar-refractivity contribution < 1.29 is 13.0 Å². The zero-order chi connectivity index (χ0) is 9.03. The first-order chi connectivity index (χ1) is 5.58. The van der Waals surface area contributed by atoms with Gasteiger partial charge in [0.05, 0.1) is 14.1 Å². The van der Waals surface area contributed by atoms with E-state index in [4.69, 9.17) is 4.55 Å². The standard InChI is InChI=1S/C5H12O3SSi3/c6-9(7,8)2-1-4-12-5-3-10-11-12/h3,5,10-12H,1-2,4H2,(H,6,7,8). The Kier molecular flexibility index (Phi) is 3.90. The van der Waals surface area contributed by atoms with E-state index in [1.165, 1.54) is 0 Å². The molecule has 0 aromatic heterocycles. The summed E-state index contributed by atoms with van der Waals surface area (Å²) in [5.41, 5.74) is 4.65. The molecule has 0 aliphatic carbocycles. The van der Waals surface area contributed by atoms with E-state index in [1.807, 2.05) is 0 Å². The highest BCUT2D eigenvalue weighted by atomic mass is 32.2. The van der Waals surface area contributed by atoms with Gasteiger partial charge >= 0.3 is 0 Å². The van der Waals surface area contributed by atoms with Gasteiger partial charge in [-0.25, -0.2) is 0 Å². The van der Waals surface area contributed by atoms with E-state index >= 15 is 0 Å². The summed E-state index contributed by atoms with van der Waals surface area (Å²) in [6, 6.07) is 1.07. The first-order valence-electron chi connectivity index (χ1n) is 3.88. The van der Waals surface area contributed by atoms with Gasteiger partial charge < -0.3 is 0 Å². The molecular formula is C5H12O3SSi3. The predicted octanol–water partition coefficient (Wildman–Crippen LogP) is -1.16. The molecule has 0 radical (unpaired) electrons. The lowest BCUT2D eigenvalue weighted by Crippen LogP contribution is -2.14. The summed E-state index contributed by atoms with van der Waals surface area (Å²) in [5.74, 6) is -0.0425. The second-order valence-electron chi connectivity index (χ2n) is 2.86. The zero-order valence-electron chi connectivity index (χ0n) is 6.68. The third-order valence-corrected chi connectivity index (χ3v) is 16.9. The van der Waals surface area contributed by atoms with Crippen molar-refractivity contribution in [3.8, 4) is 0 Å². The average Bonchev–Trinajstić information content (AvgIpc) is 2.36. The average molecular weight is 236 g/mol. The molecule has 1 N–H and O–H groups in total. The molecule has 12 heavy (non-hydrogen) atoms. The fraction of sp³-hybridized carbons (Fsp3) is 0.600. The van der Waals surface area contributed by atoms with Crippen molar-refractivity contribution in [1.29, 1.82) is 0 Å². The Morgan fingerprint density at radius 2 is 2.25 bits per heavy atom. The molecule has 0 fully saturated rings. The Morgan fingerprint density at radius 3 is 2.75 bits per heavy atom. The molecule has 0 amide bonds. The summed E-state index contributed by atoms with van der Waals surface area (Å²) in [4.78, 5) is 0. The van der Waals surface area contributed by atoms with Crippen molar-refractivity contribution in [3.63, 3.8) is 0 Å². The van der Waals surface area contributed by atoms with E-state index in [9.17, 15) is 8.42 Å². The monoisotopic (exact) mass is 236 g/mol. The molecule has 68 valence electrons. The Hall–Kier alpha value is 0.301. The fourth-order valence-corrected chi connectivity index (χ4v) is 17.1. The van der Waals surface area contributed by atoms with Crippen molar-refractivity contribution in [2.45, 2.75) is 12.5 Å². The van der Waals surface area contributed by atoms with Crippen LogP contribution in [0.15, 0.2) is 11.4 Å². The van der Waals surface area contributed by atoms with E-state index in [0.717, 1.165) is 6.04 Å². The van der Waals surface area contributed by atoms with Gasteiger partial charge in [0.1, 0.15) is 0 Å². The molecule has 0 spiro atoms. The van der Waals surface area contributed by atoms with Crippen LogP contribution in [0.2, 0.25) is 6.04 Å². The van der Waals surface area contributed by atoms with E-state index < -0.39 is 18.4 Å². The van der Waals surface area contributed by atoms with Gasteiger partial charge in [0.15, 0.2) is 0 Å². The fourth-order valence-electron chi connectivity index (χ4n) is 1.17. The van der Waals surface area contributed by atoms with Crippen LogP contribution >= 0.6 is 0 Å². The summed E-state index contributed by atoms with van der Waals surface area (Å²) in [7, 11) is -3.02. The summed E-state index contributed by atoms with van der Waals surface area (Å²) in [5, 5.41) is 0. The van der Waals surface area contributed by atoms with Gasteiger partial charge in [-0.05, 0) is 23.2 Å². The maximum Gasteiger partial charge on any atom is 0.264 e. The van der Waals surface area contributed by atoms with Gasteiger partial charge in [-0.1, -0.05) is 11.7 Å². The van der Waals surface area contributed by atoms with Crippen molar-refractivity contribution in [2.75, 3.05) is 5.75 Å². The number of rotatable bonds is 4. The summed E-state index contributed by atoms with van der Waals surface area (Å²) >= 11 is 0. The molecule has 0 saturated carbocycles. The zero-order valence-corrected chi connectivity index (χ0v) is 11.0. The van der Waals surface area contributed by atoms with E-state index in [2.05, 4.69) is 11.4 Å². The first kappa shape index (κ1) is 10.4. The molecule has 1 aliphatic rings. The molecule has 1 unspecified atom stereocenters. The predicted molar refractivity (Wildman–Crippen MR) is 56.4 cm³/mol. The second-order valence-corrected chi connectivity index (χ2v) is 16.2. The first-order valence-corrected chi connectivity index (χ1v) is 13.0. The van der Waals surface area contributed by atoms with Crippen LogP contribution < -0.4 is 0 Å². The van der Waals surface area contributed by atoms with Gasteiger partial charge in [0, 0.05) is 0 Å². The molecular weight excluding hydrogens is 224 g/mol. The van der Waals surface area contributed by atoms with Crippen LogP contribution in [0.4, 0.5) is 0 Å². The molecule has 0 aromatic carbocycles. The van der Waals surface area contributed by atoms with E-state index in [-0.39, 0.29) is 5.75 Å². The quantitative estimate of drug-likeness (QED) is 0.495. The third kappa shape index (κ3) is 4.36. The van der Waals surface area contributed by atoms with E-state index in [1.54, 1.807) is 0 Å². The van der Waals surface area contributed by atoms with E-state index in [0.29, 0.717) is 23.2 Å². The lowest BCUT2D eigenvalue weighted by molar-refractivity contribution is 0.482. The van der Waals surface area contributed by atoms with Crippen LogP contribution in [0, 0.1) is 0 Å². The molecule has 0 saturated heterocycles. The molecule has 1 rings (SSSR count). The van der Waals surface area contributed by atoms with Crippen LogP contribution in [0.5, 0.6) is 0 Å². The SMILES string of the molecule is O=S(=O)(O)CCC[SiH]1C=C[SiH]=[SiH]1. The minimum atomic E-state index is -3.70. The highest BCUT2D eigenvalue weighted by molar-refractivity contribution is 7.85. The Balaban J connectivity index is 2.19. The van der Waals surface area contributed by atoms with Gasteiger partial charge in [-0.2, -0.15) is 8.42 Å². The maximum absolute atomic E-state index is 10.4. The largest absolute Gasteiger partial charge is 0.286 e. The molecule has 7 heteroatoms. The van der Waals surface area contributed by atoms with Crippen LogP contribution in [-0.2, 0) is 10.1 Å². The third-order valence-electron chi connectivity index (χ3n) is 1.77. The van der Waals surface area contributed by atoms with Crippen LogP contribution in [0.1, 0.15) is 6.42 Å². The van der Waals surface area contributed by atoms with Crippen LogP contribution in [0.3, 0.4) is 0 Å².